The zero-order valence-electron chi connectivity index (χ0n) is 12.0. The van der Waals surface area contributed by atoms with Crippen molar-refractivity contribution in [2.24, 2.45) is 11.8 Å². The lowest BCUT2D eigenvalue weighted by Crippen LogP contribution is -2.37. The summed E-state index contributed by atoms with van der Waals surface area (Å²) in [6.07, 6.45) is 5.29. The summed E-state index contributed by atoms with van der Waals surface area (Å²) in [6, 6.07) is 5.98. The van der Waals surface area contributed by atoms with E-state index in [1.165, 1.54) is 12.8 Å². The number of fused-ring (bicyclic) bond motifs is 1. The molecule has 1 fully saturated rings. The molecule has 106 valence electrons. The zero-order chi connectivity index (χ0) is 14.1. The maximum absolute atomic E-state index is 12.4. The average Bonchev–Trinajstić information content (AvgIpc) is 3.05. The molecular formula is C16H21N3O. The van der Waals surface area contributed by atoms with Crippen LogP contribution in [0.2, 0.25) is 0 Å². The lowest BCUT2D eigenvalue weighted by molar-refractivity contribution is 0.0926. The van der Waals surface area contributed by atoms with Crippen LogP contribution in [-0.2, 0) is 0 Å². The molecule has 2 N–H and O–H groups in total. The Morgan fingerprint density at radius 1 is 1.45 bits per heavy atom. The topological polar surface area (TPSA) is 57.8 Å². The van der Waals surface area contributed by atoms with Crippen LogP contribution in [-0.4, -0.2) is 22.1 Å². The van der Waals surface area contributed by atoms with Gasteiger partial charge in [0.05, 0.1) is 11.7 Å². The summed E-state index contributed by atoms with van der Waals surface area (Å²) in [6.45, 7) is 4.49. The van der Waals surface area contributed by atoms with Crippen molar-refractivity contribution in [3.63, 3.8) is 0 Å². The third-order valence-corrected chi connectivity index (χ3v) is 4.77. The van der Waals surface area contributed by atoms with Crippen LogP contribution in [0.5, 0.6) is 0 Å². The first-order chi connectivity index (χ1) is 9.69. The molecule has 1 aliphatic rings. The highest BCUT2D eigenvalue weighted by Gasteiger charge is 2.32. The maximum atomic E-state index is 12.4. The van der Waals surface area contributed by atoms with Gasteiger partial charge < -0.3 is 5.32 Å². The molecule has 1 aliphatic carbocycles. The van der Waals surface area contributed by atoms with Gasteiger partial charge in [0.2, 0.25) is 0 Å². The van der Waals surface area contributed by atoms with E-state index in [1.54, 1.807) is 6.20 Å². The number of hydrogen-bond donors (Lipinski definition) is 2. The Kier molecular flexibility index (Phi) is 3.47. The van der Waals surface area contributed by atoms with E-state index < -0.39 is 0 Å². The van der Waals surface area contributed by atoms with Crippen LogP contribution < -0.4 is 5.32 Å². The van der Waals surface area contributed by atoms with Gasteiger partial charge in [-0.1, -0.05) is 26.3 Å². The van der Waals surface area contributed by atoms with Gasteiger partial charge in [0.25, 0.3) is 5.91 Å². The van der Waals surface area contributed by atoms with Crippen molar-refractivity contribution in [3.05, 3.63) is 30.0 Å². The lowest BCUT2D eigenvalue weighted by Gasteiger charge is -2.21. The van der Waals surface area contributed by atoms with Gasteiger partial charge in [0.1, 0.15) is 0 Å². The number of nitrogens with zero attached hydrogens (tertiary/aromatic N) is 1. The van der Waals surface area contributed by atoms with Crippen LogP contribution in [0.1, 0.15) is 43.5 Å². The summed E-state index contributed by atoms with van der Waals surface area (Å²) in [4.78, 5) is 12.4. The average molecular weight is 271 g/mol. The molecule has 20 heavy (non-hydrogen) atoms. The fourth-order valence-electron chi connectivity index (χ4n) is 3.36. The van der Waals surface area contributed by atoms with Gasteiger partial charge in [-0.3, -0.25) is 9.89 Å². The molecule has 1 amide bonds. The zero-order valence-corrected chi connectivity index (χ0v) is 12.0. The minimum absolute atomic E-state index is 0.0232. The smallest absolute Gasteiger partial charge is 0.251 e. The fraction of sp³-hybridized carbons (Fsp3) is 0.500. The fourth-order valence-corrected chi connectivity index (χ4v) is 3.36. The normalized spacial score (nSPS) is 26.0. The number of carbonyl (C=O) groups excluding carboxylic acids is 1. The molecule has 4 heteroatoms. The predicted molar refractivity (Wildman–Crippen MR) is 79.5 cm³/mol. The lowest BCUT2D eigenvalue weighted by atomic mass is 9.93. The molecule has 1 aromatic heterocycles. The first-order valence-corrected chi connectivity index (χ1v) is 7.43. The predicted octanol–water partition coefficient (Wildman–Crippen LogP) is 3.12. The molecular weight excluding hydrogens is 250 g/mol. The molecule has 4 nitrogen and oxygen atoms in total. The largest absolute Gasteiger partial charge is 0.349 e. The third-order valence-electron chi connectivity index (χ3n) is 4.77. The van der Waals surface area contributed by atoms with Crippen molar-refractivity contribution < 1.29 is 4.79 Å². The second-order valence-electron chi connectivity index (χ2n) is 5.86. The van der Waals surface area contributed by atoms with Crippen molar-refractivity contribution in [2.45, 2.75) is 39.2 Å². The Labute approximate surface area is 119 Å². The molecule has 0 radical (unpaired) electrons. The van der Waals surface area contributed by atoms with Crippen molar-refractivity contribution in [1.29, 1.82) is 0 Å². The minimum Gasteiger partial charge on any atom is -0.349 e. The minimum atomic E-state index is 0.0232. The number of aromatic amines is 1. The number of benzene rings is 1. The Morgan fingerprint density at radius 3 is 3.05 bits per heavy atom. The number of H-pyrrole nitrogens is 1. The molecule has 1 heterocycles. The van der Waals surface area contributed by atoms with Gasteiger partial charge in [-0.15, -0.1) is 0 Å². The molecule has 0 aliphatic heterocycles. The summed E-state index contributed by atoms with van der Waals surface area (Å²) in [5, 5.41) is 11.1. The van der Waals surface area contributed by atoms with Crippen molar-refractivity contribution in [2.75, 3.05) is 0 Å². The van der Waals surface area contributed by atoms with Gasteiger partial charge in [0.15, 0.2) is 0 Å². The summed E-state index contributed by atoms with van der Waals surface area (Å²) >= 11 is 0. The van der Waals surface area contributed by atoms with Crippen LogP contribution in [0.3, 0.4) is 0 Å². The second-order valence-corrected chi connectivity index (χ2v) is 5.86. The molecule has 0 saturated heterocycles. The van der Waals surface area contributed by atoms with E-state index >= 15 is 0 Å². The number of carbonyl (C=O) groups is 1. The molecule has 3 unspecified atom stereocenters. The summed E-state index contributed by atoms with van der Waals surface area (Å²) in [7, 11) is 0. The van der Waals surface area contributed by atoms with E-state index in [-0.39, 0.29) is 5.91 Å². The van der Waals surface area contributed by atoms with E-state index in [0.717, 1.165) is 23.2 Å². The van der Waals surface area contributed by atoms with Crippen LogP contribution in [0.25, 0.3) is 10.9 Å². The Balaban J connectivity index is 1.73. The van der Waals surface area contributed by atoms with Crippen molar-refractivity contribution in [3.8, 4) is 0 Å². The molecule has 0 spiro atoms. The quantitative estimate of drug-likeness (QED) is 0.901. The van der Waals surface area contributed by atoms with E-state index in [9.17, 15) is 4.79 Å². The number of aromatic nitrogens is 2. The highest BCUT2D eigenvalue weighted by molar-refractivity contribution is 5.97. The molecule has 1 aromatic carbocycles. The number of hydrogen-bond acceptors (Lipinski definition) is 2. The van der Waals surface area contributed by atoms with Gasteiger partial charge in [0, 0.05) is 17.0 Å². The van der Waals surface area contributed by atoms with E-state index in [0.29, 0.717) is 17.5 Å². The Hall–Kier alpha value is -1.84. The highest BCUT2D eigenvalue weighted by Crippen LogP contribution is 2.34. The maximum Gasteiger partial charge on any atom is 0.251 e. The summed E-state index contributed by atoms with van der Waals surface area (Å²) in [5.41, 5.74) is 1.61. The second kappa shape index (κ2) is 5.27. The van der Waals surface area contributed by atoms with Gasteiger partial charge in [-0.2, -0.15) is 5.10 Å². The van der Waals surface area contributed by atoms with E-state index in [1.807, 2.05) is 18.2 Å². The first kappa shape index (κ1) is 13.2. The number of nitrogens with one attached hydrogen (secondary N) is 2. The van der Waals surface area contributed by atoms with Crippen molar-refractivity contribution >= 4 is 16.8 Å². The number of rotatable bonds is 3. The van der Waals surface area contributed by atoms with E-state index in [2.05, 4.69) is 29.4 Å². The summed E-state index contributed by atoms with van der Waals surface area (Å²) < 4.78 is 0. The van der Waals surface area contributed by atoms with Gasteiger partial charge in [-0.25, -0.2) is 0 Å². The number of amides is 1. The van der Waals surface area contributed by atoms with Crippen LogP contribution in [0, 0.1) is 11.8 Å². The monoisotopic (exact) mass is 271 g/mol. The Bertz CT molecular complexity index is 619. The standard InChI is InChI=1S/C16H21N3O/c1-3-11-6-7-14(10(11)2)18-16(20)12-4-5-13-9-17-19-15(13)8-12/h4-5,8-11,14H,3,6-7H2,1-2H3,(H,17,19)(H,18,20). The molecule has 3 rings (SSSR count). The van der Waals surface area contributed by atoms with Crippen molar-refractivity contribution in [1.82, 2.24) is 15.5 Å². The molecule has 0 bridgehead atoms. The highest BCUT2D eigenvalue weighted by atomic mass is 16.1. The molecule has 3 atom stereocenters. The van der Waals surface area contributed by atoms with Gasteiger partial charge >= 0.3 is 0 Å². The Morgan fingerprint density at radius 2 is 2.30 bits per heavy atom. The SMILES string of the molecule is CCC1CCC(NC(=O)c2ccc3cn[nH]c3c2)C1C. The van der Waals surface area contributed by atoms with Crippen LogP contribution in [0.4, 0.5) is 0 Å². The van der Waals surface area contributed by atoms with Crippen LogP contribution in [0.15, 0.2) is 24.4 Å². The summed E-state index contributed by atoms with van der Waals surface area (Å²) in [5.74, 6) is 1.34. The third kappa shape index (κ3) is 2.30. The first-order valence-electron chi connectivity index (χ1n) is 7.43. The van der Waals surface area contributed by atoms with E-state index in [4.69, 9.17) is 0 Å². The van der Waals surface area contributed by atoms with Gasteiger partial charge in [-0.05, 0) is 36.8 Å². The molecule has 2 aromatic rings. The molecule has 1 saturated carbocycles. The van der Waals surface area contributed by atoms with Crippen LogP contribution >= 0.6 is 0 Å².